The lowest BCUT2D eigenvalue weighted by Crippen LogP contribution is -2.54. The van der Waals surface area contributed by atoms with Gasteiger partial charge < -0.3 is 10.6 Å². The predicted octanol–water partition coefficient (Wildman–Crippen LogP) is 1.06. The van der Waals surface area contributed by atoms with Gasteiger partial charge in [0.1, 0.15) is 0 Å². The fourth-order valence-electron chi connectivity index (χ4n) is 2.12. The molecule has 1 aliphatic rings. The first-order valence-corrected chi connectivity index (χ1v) is 6.69. The maximum Gasteiger partial charge on any atom is 0.236 e. The van der Waals surface area contributed by atoms with E-state index in [1.54, 1.807) is 0 Å². The van der Waals surface area contributed by atoms with Crippen LogP contribution in [0.3, 0.4) is 0 Å². The number of nitrogens with zero attached hydrogens (tertiary/aromatic N) is 2. The number of amides is 1. The molecule has 2 N–H and O–H groups in total. The van der Waals surface area contributed by atoms with Crippen molar-refractivity contribution in [1.29, 1.82) is 0 Å². The number of likely N-dealkylation sites (N-methyl/N-ethyl adjacent to an activating group) is 2. The molecule has 17 heavy (non-hydrogen) atoms. The Hall–Kier alpha value is -0.610. The Morgan fingerprint density at radius 2 is 2.00 bits per heavy atom. The van der Waals surface area contributed by atoms with Crippen LogP contribution < -0.4 is 5.73 Å². The van der Waals surface area contributed by atoms with Gasteiger partial charge in [-0.3, -0.25) is 9.69 Å². The molecule has 0 aromatic rings. The number of carbonyl (C=O) groups excluding carboxylic acids is 1. The van der Waals surface area contributed by atoms with Gasteiger partial charge in [-0.25, -0.2) is 0 Å². The summed E-state index contributed by atoms with van der Waals surface area (Å²) in [4.78, 5) is 16.2. The smallest absolute Gasteiger partial charge is 0.236 e. The summed E-state index contributed by atoms with van der Waals surface area (Å²) >= 11 is 0. The highest BCUT2D eigenvalue weighted by Gasteiger charge is 2.33. The molecule has 0 radical (unpaired) electrons. The van der Waals surface area contributed by atoms with Gasteiger partial charge in [-0.2, -0.15) is 0 Å². The normalized spacial score (nSPS) is 19.2. The molecule has 100 valence electrons. The Morgan fingerprint density at radius 3 is 2.35 bits per heavy atom. The minimum absolute atomic E-state index is 0.0607. The molecule has 1 amide bonds. The first-order valence-electron chi connectivity index (χ1n) is 6.69. The summed E-state index contributed by atoms with van der Waals surface area (Å²) in [6, 6.07) is 0.493. The van der Waals surface area contributed by atoms with E-state index in [4.69, 9.17) is 5.73 Å². The van der Waals surface area contributed by atoms with Gasteiger partial charge in [-0.05, 0) is 32.7 Å². The van der Waals surface area contributed by atoms with Crippen LogP contribution in [0, 0.1) is 0 Å². The third kappa shape index (κ3) is 3.42. The Bertz CT molecular complexity index is 259. The topological polar surface area (TPSA) is 49.6 Å². The van der Waals surface area contributed by atoms with E-state index < -0.39 is 0 Å². The third-order valence-electron chi connectivity index (χ3n) is 4.16. The van der Waals surface area contributed by atoms with Crippen molar-refractivity contribution in [3.05, 3.63) is 0 Å². The molecular weight excluding hydrogens is 214 g/mol. The maximum absolute atomic E-state index is 12.1. The van der Waals surface area contributed by atoms with E-state index in [0.29, 0.717) is 19.1 Å². The van der Waals surface area contributed by atoms with E-state index in [-0.39, 0.29) is 11.4 Å². The SMILES string of the molecule is CCN(CC(=O)N(C)C1CC1)C(C)(CC)CN. The largest absolute Gasteiger partial charge is 0.342 e. The minimum atomic E-state index is -0.0607. The van der Waals surface area contributed by atoms with E-state index in [1.807, 2.05) is 11.9 Å². The molecule has 0 aromatic heterocycles. The van der Waals surface area contributed by atoms with Crippen molar-refractivity contribution >= 4 is 5.91 Å². The summed E-state index contributed by atoms with van der Waals surface area (Å²) in [7, 11) is 1.92. The van der Waals surface area contributed by atoms with Crippen LogP contribution in [0.25, 0.3) is 0 Å². The second kappa shape index (κ2) is 5.83. The van der Waals surface area contributed by atoms with Crippen LogP contribution in [0.1, 0.15) is 40.0 Å². The Morgan fingerprint density at radius 1 is 1.41 bits per heavy atom. The van der Waals surface area contributed by atoms with Crippen molar-refractivity contribution in [1.82, 2.24) is 9.80 Å². The van der Waals surface area contributed by atoms with Gasteiger partial charge in [0.2, 0.25) is 5.91 Å². The first-order chi connectivity index (χ1) is 7.98. The molecule has 1 rings (SSSR count). The van der Waals surface area contributed by atoms with Crippen molar-refractivity contribution < 1.29 is 4.79 Å². The molecule has 1 fully saturated rings. The Labute approximate surface area is 105 Å². The Balaban J connectivity index is 2.58. The quantitative estimate of drug-likeness (QED) is 0.725. The van der Waals surface area contributed by atoms with Crippen LogP contribution in [0.5, 0.6) is 0 Å². The number of carbonyl (C=O) groups is 1. The van der Waals surface area contributed by atoms with Crippen molar-refractivity contribution in [2.45, 2.75) is 51.6 Å². The molecule has 0 spiro atoms. The fraction of sp³-hybridized carbons (Fsp3) is 0.923. The van der Waals surface area contributed by atoms with Crippen molar-refractivity contribution in [2.24, 2.45) is 5.73 Å². The maximum atomic E-state index is 12.1. The molecular formula is C13H27N3O. The van der Waals surface area contributed by atoms with Gasteiger partial charge in [0.15, 0.2) is 0 Å². The molecule has 0 aromatic carbocycles. The van der Waals surface area contributed by atoms with Crippen molar-refractivity contribution in [2.75, 3.05) is 26.7 Å². The number of hydrogen-bond acceptors (Lipinski definition) is 3. The molecule has 4 heteroatoms. The highest BCUT2D eigenvalue weighted by Crippen LogP contribution is 2.26. The molecule has 0 saturated heterocycles. The van der Waals surface area contributed by atoms with Gasteiger partial charge in [-0.15, -0.1) is 0 Å². The average Bonchev–Trinajstić information content (AvgIpc) is 3.17. The third-order valence-corrected chi connectivity index (χ3v) is 4.16. The number of hydrogen-bond donors (Lipinski definition) is 1. The van der Waals surface area contributed by atoms with Crippen LogP contribution in [0.15, 0.2) is 0 Å². The molecule has 4 nitrogen and oxygen atoms in total. The highest BCUT2D eigenvalue weighted by atomic mass is 16.2. The van der Waals surface area contributed by atoms with Crippen LogP contribution in [-0.2, 0) is 4.79 Å². The lowest BCUT2D eigenvalue weighted by Gasteiger charge is -2.39. The van der Waals surface area contributed by atoms with E-state index in [2.05, 4.69) is 25.7 Å². The zero-order valence-electron chi connectivity index (χ0n) is 11.7. The number of rotatable bonds is 7. The summed E-state index contributed by atoms with van der Waals surface area (Å²) in [5.41, 5.74) is 5.79. The minimum Gasteiger partial charge on any atom is -0.342 e. The molecule has 0 bridgehead atoms. The van der Waals surface area contributed by atoms with Crippen molar-refractivity contribution in [3.8, 4) is 0 Å². The summed E-state index contributed by atoms with van der Waals surface area (Å²) in [6.45, 7) is 8.31. The second-order valence-electron chi connectivity index (χ2n) is 5.30. The van der Waals surface area contributed by atoms with E-state index in [0.717, 1.165) is 25.8 Å². The lowest BCUT2D eigenvalue weighted by atomic mass is 9.96. The standard InChI is InChI=1S/C13H27N3O/c1-5-13(3,10-14)16(6-2)9-12(17)15(4)11-7-8-11/h11H,5-10,14H2,1-4H3. The molecule has 1 aliphatic carbocycles. The van der Waals surface area contributed by atoms with Gasteiger partial charge in [0.05, 0.1) is 6.54 Å². The predicted molar refractivity (Wildman–Crippen MR) is 70.8 cm³/mol. The number of nitrogens with two attached hydrogens (primary N) is 1. The summed E-state index contributed by atoms with van der Waals surface area (Å²) in [5.74, 6) is 0.225. The van der Waals surface area contributed by atoms with Crippen LogP contribution in [0.2, 0.25) is 0 Å². The molecule has 0 heterocycles. The first kappa shape index (κ1) is 14.5. The average molecular weight is 241 g/mol. The van der Waals surface area contributed by atoms with Gasteiger partial charge >= 0.3 is 0 Å². The fourth-order valence-corrected chi connectivity index (χ4v) is 2.12. The zero-order valence-corrected chi connectivity index (χ0v) is 11.7. The van der Waals surface area contributed by atoms with Crippen molar-refractivity contribution in [3.63, 3.8) is 0 Å². The van der Waals surface area contributed by atoms with Gasteiger partial charge in [0.25, 0.3) is 0 Å². The lowest BCUT2D eigenvalue weighted by molar-refractivity contribution is -0.133. The van der Waals surface area contributed by atoms with E-state index >= 15 is 0 Å². The van der Waals surface area contributed by atoms with Crippen LogP contribution in [-0.4, -0.2) is 54.0 Å². The molecule has 1 unspecified atom stereocenters. The summed E-state index contributed by atoms with van der Waals surface area (Å²) in [5, 5.41) is 0. The second-order valence-corrected chi connectivity index (χ2v) is 5.30. The summed E-state index contributed by atoms with van der Waals surface area (Å²) < 4.78 is 0. The Kier molecular flexibility index (Phi) is 4.95. The van der Waals surface area contributed by atoms with Gasteiger partial charge in [0, 0.05) is 25.2 Å². The summed E-state index contributed by atoms with van der Waals surface area (Å²) in [6.07, 6.45) is 3.30. The van der Waals surface area contributed by atoms with E-state index in [1.165, 1.54) is 0 Å². The van der Waals surface area contributed by atoms with Crippen LogP contribution in [0.4, 0.5) is 0 Å². The highest BCUT2D eigenvalue weighted by molar-refractivity contribution is 5.78. The zero-order chi connectivity index (χ0) is 13.1. The monoisotopic (exact) mass is 241 g/mol. The van der Waals surface area contributed by atoms with Crippen LogP contribution >= 0.6 is 0 Å². The molecule has 1 atom stereocenters. The molecule has 1 saturated carbocycles. The van der Waals surface area contributed by atoms with Gasteiger partial charge in [-0.1, -0.05) is 13.8 Å². The molecule has 0 aliphatic heterocycles. The van der Waals surface area contributed by atoms with E-state index in [9.17, 15) is 4.79 Å².